The number of halogens is 1. The molecular weight excluding hydrogens is 358 g/mol. The Kier molecular flexibility index (Phi) is 5.16. The first-order chi connectivity index (χ1) is 12.0. The summed E-state index contributed by atoms with van der Waals surface area (Å²) in [5, 5.41) is 1.70. The molecule has 0 unspecified atom stereocenters. The van der Waals surface area contributed by atoms with Crippen molar-refractivity contribution in [2.75, 3.05) is 21.2 Å². The molecule has 0 atom stereocenters. The molecule has 0 fully saturated rings. The highest BCUT2D eigenvalue weighted by Gasteiger charge is 2.19. The predicted octanol–water partition coefficient (Wildman–Crippen LogP) is 4.84. The second-order valence-electron chi connectivity index (χ2n) is 5.66. The van der Waals surface area contributed by atoms with Crippen LogP contribution in [0.4, 0.5) is 0 Å². The van der Waals surface area contributed by atoms with Gasteiger partial charge in [-0.05, 0) is 18.2 Å². The molecule has 0 radical (unpaired) electrons. The molecular formula is C19H18ClNO3S. The minimum absolute atomic E-state index is 0.142. The SMILES string of the molecule is COc1cccc(C(=O)N(C)C)c1OCc1sc2ccccc2c1Cl. The number of rotatable bonds is 5. The Balaban J connectivity index is 1.94. The van der Waals surface area contributed by atoms with Gasteiger partial charge in [-0.15, -0.1) is 11.3 Å². The maximum Gasteiger partial charge on any atom is 0.257 e. The Hall–Kier alpha value is -2.24. The van der Waals surface area contributed by atoms with Crippen molar-refractivity contribution in [2.45, 2.75) is 6.61 Å². The summed E-state index contributed by atoms with van der Waals surface area (Å²) in [7, 11) is 4.96. The van der Waals surface area contributed by atoms with Crippen LogP contribution in [0.1, 0.15) is 15.2 Å². The second kappa shape index (κ2) is 7.33. The lowest BCUT2D eigenvalue weighted by Crippen LogP contribution is -2.22. The zero-order chi connectivity index (χ0) is 18.0. The maximum absolute atomic E-state index is 12.4. The normalized spacial score (nSPS) is 10.7. The molecule has 0 aliphatic heterocycles. The van der Waals surface area contributed by atoms with Crippen molar-refractivity contribution in [3.63, 3.8) is 0 Å². The molecule has 3 aromatic rings. The fourth-order valence-electron chi connectivity index (χ4n) is 2.53. The Morgan fingerprint density at radius 2 is 1.92 bits per heavy atom. The fourth-order valence-corrected chi connectivity index (χ4v) is 3.93. The summed E-state index contributed by atoms with van der Waals surface area (Å²) in [6.07, 6.45) is 0. The van der Waals surface area contributed by atoms with Crippen LogP contribution in [0.2, 0.25) is 5.02 Å². The summed E-state index contributed by atoms with van der Waals surface area (Å²) in [5.74, 6) is 0.804. The molecule has 4 nitrogen and oxygen atoms in total. The largest absolute Gasteiger partial charge is 0.493 e. The minimum Gasteiger partial charge on any atom is -0.493 e. The molecule has 0 saturated carbocycles. The minimum atomic E-state index is -0.142. The number of fused-ring (bicyclic) bond motifs is 1. The quantitative estimate of drug-likeness (QED) is 0.640. The van der Waals surface area contributed by atoms with Gasteiger partial charge >= 0.3 is 0 Å². The number of amides is 1. The van der Waals surface area contributed by atoms with Gasteiger partial charge in [0.1, 0.15) is 6.61 Å². The number of hydrogen-bond acceptors (Lipinski definition) is 4. The van der Waals surface area contributed by atoms with E-state index in [1.165, 1.54) is 4.90 Å². The van der Waals surface area contributed by atoms with Gasteiger partial charge in [-0.25, -0.2) is 0 Å². The summed E-state index contributed by atoms with van der Waals surface area (Å²) < 4.78 is 12.5. The van der Waals surface area contributed by atoms with Gasteiger partial charge in [-0.1, -0.05) is 35.9 Å². The summed E-state index contributed by atoms with van der Waals surface area (Å²) >= 11 is 8.06. The Morgan fingerprint density at radius 3 is 2.60 bits per heavy atom. The zero-order valence-corrected chi connectivity index (χ0v) is 15.8. The lowest BCUT2D eigenvalue weighted by molar-refractivity contribution is 0.0822. The number of carbonyl (C=O) groups excluding carboxylic acids is 1. The molecule has 1 heterocycles. The molecule has 3 rings (SSSR count). The first-order valence-corrected chi connectivity index (χ1v) is 8.89. The van der Waals surface area contributed by atoms with Crippen LogP contribution in [0.25, 0.3) is 10.1 Å². The van der Waals surface area contributed by atoms with Gasteiger partial charge in [0, 0.05) is 24.2 Å². The van der Waals surface area contributed by atoms with Gasteiger partial charge in [0.2, 0.25) is 0 Å². The van der Waals surface area contributed by atoms with Crippen LogP contribution in [0, 0.1) is 0 Å². The lowest BCUT2D eigenvalue weighted by Gasteiger charge is -2.17. The van der Waals surface area contributed by atoms with Gasteiger partial charge < -0.3 is 14.4 Å². The maximum atomic E-state index is 12.4. The van der Waals surface area contributed by atoms with E-state index in [-0.39, 0.29) is 12.5 Å². The first-order valence-electron chi connectivity index (χ1n) is 7.70. The van der Waals surface area contributed by atoms with Gasteiger partial charge in [0.15, 0.2) is 11.5 Å². The number of thiophene rings is 1. The highest BCUT2D eigenvalue weighted by Crippen LogP contribution is 2.38. The van der Waals surface area contributed by atoms with E-state index in [2.05, 4.69) is 0 Å². The first kappa shape index (κ1) is 17.6. The number of ether oxygens (including phenoxy) is 2. The average molecular weight is 376 g/mol. The zero-order valence-electron chi connectivity index (χ0n) is 14.2. The van der Waals surface area contributed by atoms with Crippen LogP contribution in [0.15, 0.2) is 42.5 Å². The molecule has 0 N–H and O–H groups in total. The monoisotopic (exact) mass is 375 g/mol. The van der Waals surface area contributed by atoms with Crippen LogP contribution in [-0.4, -0.2) is 32.0 Å². The second-order valence-corrected chi connectivity index (χ2v) is 7.18. The number of carbonyl (C=O) groups is 1. The predicted molar refractivity (Wildman–Crippen MR) is 102 cm³/mol. The third-order valence-electron chi connectivity index (χ3n) is 3.78. The van der Waals surface area contributed by atoms with Crippen LogP contribution in [0.3, 0.4) is 0 Å². The smallest absolute Gasteiger partial charge is 0.257 e. The van der Waals surface area contributed by atoms with Crippen molar-refractivity contribution >= 4 is 38.9 Å². The highest BCUT2D eigenvalue weighted by atomic mass is 35.5. The van der Waals surface area contributed by atoms with E-state index in [0.717, 1.165) is 15.0 Å². The molecule has 0 aliphatic carbocycles. The van der Waals surface area contributed by atoms with E-state index >= 15 is 0 Å². The molecule has 0 saturated heterocycles. The van der Waals surface area contributed by atoms with E-state index in [1.807, 2.05) is 24.3 Å². The number of methoxy groups -OCH3 is 1. The Labute approximate surface area is 155 Å². The van der Waals surface area contributed by atoms with E-state index in [4.69, 9.17) is 21.1 Å². The van der Waals surface area contributed by atoms with Crippen molar-refractivity contribution in [1.82, 2.24) is 4.90 Å². The van der Waals surface area contributed by atoms with Crippen molar-refractivity contribution in [3.8, 4) is 11.5 Å². The van der Waals surface area contributed by atoms with Crippen LogP contribution >= 0.6 is 22.9 Å². The number of nitrogens with zero attached hydrogens (tertiary/aromatic N) is 1. The number of para-hydroxylation sites is 1. The number of hydrogen-bond donors (Lipinski definition) is 0. The fraction of sp³-hybridized carbons (Fsp3) is 0.211. The molecule has 1 amide bonds. The van der Waals surface area contributed by atoms with Gasteiger partial charge in [-0.3, -0.25) is 4.79 Å². The summed E-state index contributed by atoms with van der Waals surface area (Å²) in [6.45, 7) is 0.270. The van der Waals surface area contributed by atoms with E-state index in [0.29, 0.717) is 22.1 Å². The average Bonchev–Trinajstić information content (AvgIpc) is 2.95. The van der Waals surface area contributed by atoms with Crippen LogP contribution < -0.4 is 9.47 Å². The molecule has 130 valence electrons. The molecule has 6 heteroatoms. The Bertz CT molecular complexity index is 920. The van der Waals surface area contributed by atoms with Gasteiger partial charge in [0.25, 0.3) is 5.91 Å². The standard InChI is InChI=1S/C19H18ClNO3S/c1-21(2)19(22)13-8-6-9-14(23-3)18(13)24-11-16-17(20)12-7-4-5-10-15(12)25-16/h4-10H,11H2,1-3H3. The van der Waals surface area contributed by atoms with Gasteiger partial charge in [0.05, 0.1) is 22.6 Å². The lowest BCUT2D eigenvalue weighted by atomic mass is 10.1. The molecule has 0 bridgehead atoms. The molecule has 2 aromatic carbocycles. The van der Waals surface area contributed by atoms with E-state index < -0.39 is 0 Å². The van der Waals surface area contributed by atoms with Crippen molar-refractivity contribution < 1.29 is 14.3 Å². The summed E-state index contributed by atoms with van der Waals surface area (Å²) in [5.41, 5.74) is 0.460. The number of benzene rings is 2. The van der Waals surface area contributed by atoms with Crippen molar-refractivity contribution in [2.24, 2.45) is 0 Å². The topological polar surface area (TPSA) is 38.8 Å². The molecule has 0 spiro atoms. The Morgan fingerprint density at radius 1 is 1.16 bits per heavy atom. The van der Waals surface area contributed by atoms with E-state index in [1.54, 1.807) is 50.7 Å². The third kappa shape index (κ3) is 3.43. The van der Waals surface area contributed by atoms with Gasteiger partial charge in [-0.2, -0.15) is 0 Å². The van der Waals surface area contributed by atoms with Crippen molar-refractivity contribution in [3.05, 3.63) is 57.9 Å². The van der Waals surface area contributed by atoms with E-state index in [9.17, 15) is 4.79 Å². The van der Waals surface area contributed by atoms with Crippen molar-refractivity contribution in [1.29, 1.82) is 0 Å². The molecule has 0 aliphatic rings. The van der Waals surface area contributed by atoms with Crippen LogP contribution in [0.5, 0.6) is 11.5 Å². The highest BCUT2D eigenvalue weighted by molar-refractivity contribution is 7.19. The third-order valence-corrected chi connectivity index (χ3v) is 5.47. The molecule has 25 heavy (non-hydrogen) atoms. The van der Waals surface area contributed by atoms with Crippen LogP contribution in [-0.2, 0) is 6.61 Å². The summed E-state index contributed by atoms with van der Waals surface area (Å²) in [6, 6.07) is 13.2. The summed E-state index contributed by atoms with van der Waals surface area (Å²) in [4.78, 5) is 14.8. The molecule has 1 aromatic heterocycles.